The fourth-order valence-corrected chi connectivity index (χ4v) is 4.62. The van der Waals surface area contributed by atoms with Gasteiger partial charge in [-0.1, -0.05) is 62.4 Å². The minimum Gasteiger partial charge on any atom is -0.479 e. The van der Waals surface area contributed by atoms with Crippen LogP contribution in [0.1, 0.15) is 50.7 Å². The van der Waals surface area contributed by atoms with Gasteiger partial charge in [0.15, 0.2) is 5.54 Å². The van der Waals surface area contributed by atoms with E-state index in [1.807, 2.05) is 50.2 Å². The summed E-state index contributed by atoms with van der Waals surface area (Å²) in [6, 6.07) is 16.2. The number of hydrogen-bond acceptors (Lipinski definition) is 5. The lowest BCUT2D eigenvalue weighted by atomic mass is 9.80. The van der Waals surface area contributed by atoms with Crippen LogP contribution in [0.3, 0.4) is 0 Å². The lowest BCUT2D eigenvalue weighted by Gasteiger charge is -2.35. The van der Waals surface area contributed by atoms with Gasteiger partial charge in [-0.3, -0.25) is 4.79 Å². The van der Waals surface area contributed by atoms with Gasteiger partial charge in [0, 0.05) is 19.6 Å². The van der Waals surface area contributed by atoms with Gasteiger partial charge >= 0.3 is 12.1 Å². The van der Waals surface area contributed by atoms with Gasteiger partial charge < -0.3 is 25.2 Å². The molecule has 0 aliphatic heterocycles. The van der Waals surface area contributed by atoms with E-state index in [2.05, 4.69) is 22.8 Å². The van der Waals surface area contributed by atoms with Gasteiger partial charge in [0.25, 0.3) is 0 Å². The average Bonchev–Trinajstić information content (AvgIpc) is 3.17. The van der Waals surface area contributed by atoms with Crippen LogP contribution in [0.5, 0.6) is 0 Å². The molecule has 1 unspecified atom stereocenters. The zero-order chi connectivity index (χ0) is 25.6. The summed E-state index contributed by atoms with van der Waals surface area (Å²) in [6.07, 6.45) is 0.187. The molecule has 0 spiro atoms. The van der Waals surface area contributed by atoms with Gasteiger partial charge in [0.1, 0.15) is 6.61 Å². The number of carboxylic acids is 1. The van der Waals surface area contributed by atoms with E-state index in [-0.39, 0.29) is 25.7 Å². The molecule has 3 rings (SSSR count). The van der Waals surface area contributed by atoms with Crippen molar-refractivity contribution in [3.05, 3.63) is 59.7 Å². The van der Waals surface area contributed by atoms with Crippen molar-refractivity contribution in [1.29, 1.82) is 0 Å². The van der Waals surface area contributed by atoms with Crippen molar-refractivity contribution in [2.75, 3.05) is 26.9 Å². The molecule has 1 atom stereocenters. The quantitative estimate of drug-likeness (QED) is 0.447. The third kappa shape index (κ3) is 5.32. The van der Waals surface area contributed by atoms with Crippen molar-refractivity contribution in [2.45, 2.75) is 45.1 Å². The Morgan fingerprint density at radius 1 is 0.971 bits per heavy atom. The third-order valence-corrected chi connectivity index (χ3v) is 7.04. The molecule has 2 aromatic carbocycles. The molecule has 0 fully saturated rings. The van der Waals surface area contributed by atoms with Crippen LogP contribution in [-0.2, 0) is 19.1 Å². The van der Waals surface area contributed by atoms with Crippen LogP contribution in [0.4, 0.5) is 4.79 Å². The molecule has 2 amide bonds. The third-order valence-electron chi connectivity index (χ3n) is 7.04. The van der Waals surface area contributed by atoms with Crippen molar-refractivity contribution in [3.63, 3.8) is 0 Å². The van der Waals surface area contributed by atoms with Crippen LogP contribution in [0, 0.1) is 5.41 Å². The Labute approximate surface area is 206 Å². The highest BCUT2D eigenvalue weighted by Crippen LogP contribution is 2.44. The maximum atomic E-state index is 13.2. The molecule has 1 aliphatic rings. The summed E-state index contributed by atoms with van der Waals surface area (Å²) in [7, 11) is 1.37. The van der Waals surface area contributed by atoms with E-state index in [0.717, 1.165) is 22.3 Å². The van der Waals surface area contributed by atoms with Crippen molar-refractivity contribution in [1.82, 2.24) is 10.6 Å². The van der Waals surface area contributed by atoms with E-state index in [9.17, 15) is 19.5 Å². The first-order valence-electron chi connectivity index (χ1n) is 11.8. The molecule has 0 aromatic heterocycles. The zero-order valence-corrected chi connectivity index (χ0v) is 20.7. The Hall–Kier alpha value is -3.39. The van der Waals surface area contributed by atoms with Crippen LogP contribution in [0.2, 0.25) is 0 Å². The molecular formula is C27H34N2O6. The monoisotopic (exact) mass is 482 g/mol. The van der Waals surface area contributed by atoms with E-state index in [1.165, 1.54) is 14.0 Å². The van der Waals surface area contributed by atoms with Crippen LogP contribution in [0.25, 0.3) is 11.1 Å². The number of nitrogens with one attached hydrogen (secondary N) is 2. The molecule has 8 nitrogen and oxygen atoms in total. The minimum absolute atomic E-state index is 0.0190. The van der Waals surface area contributed by atoms with Gasteiger partial charge in [0.2, 0.25) is 5.91 Å². The summed E-state index contributed by atoms with van der Waals surface area (Å²) < 4.78 is 10.6. The van der Waals surface area contributed by atoms with Crippen molar-refractivity contribution in [3.8, 4) is 11.1 Å². The molecule has 188 valence electrons. The largest absolute Gasteiger partial charge is 0.479 e. The van der Waals surface area contributed by atoms with Gasteiger partial charge in [0.05, 0.1) is 12.0 Å². The number of rotatable bonds is 11. The second-order valence-electron chi connectivity index (χ2n) is 9.19. The number of carbonyl (C=O) groups is 3. The second kappa shape index (κ2) is 10.9. The number of alkyl carbamates (subject to hydrolysis) is 1. The number of carbonyl (C=O) groups excluding carboxylic acids is 2. The normalized spacial score (nSPS) is 14.4. The molecule has 0 bridgehead atoms. The Bertz CT molecular complexity index is 1040. The van der Waals surface area contributed by atoms with E-state index in [1.54, 1.807) is 0 Å². The molecule has 2 aromatic rings. The van der Waals surface area contributed by atoms with Crippen molar-refractivity contribution in [2.24, 2.45) is 5.41 Å². The van der Waals surface area contributed by atoms with Gasteiger partial charge in [-0.25, -0.2) is 9.59 Å². The highest BCUT2D eigenvalue weighted by atomic mass is 16.5. The summed E-state index contributed by atoms with van der Waals surface area (Å²) in [5.74, 6) is -1.72. The lowest BCUT2D eigenvalue weighted by Crippen LogP contribution is -2.60. The Morgan fingerprint density at radius 3 is 2.00 bits per heavy atom. The van der Waals surface area contributed by atoms with E-state index >= 15 is 0 Å². The first-order valence-corrected chi connectivity index (χ1v) is 11.8. The van der Waals surface area contributed by atoms with Crippen molar-refractivity contribution < 1.29 is 29.0 Å². The lowest BCUT2D eigenvalue weighted by molar-refractivity contribution is -0.151. The fraction of sp³-hybridized carbons (Fsp3) is 0.444. The summed E-state index contributed by atoms with van der Waals surface area (Å²) in [6.45, 7) is 5.06. The Balaban J connectivity index is 1.65. The van der Waals surface area contributed by atoms with Crippen LogP contribution < -0.4 is 10.6 Å². The average molecular weight is 483 g/mol. The number of carboxylic acid groups (broad SMARTS) is 1. The second-order valence-corrected chi connectivity index (χ2v) is 9.19. The van der Waals surface area contributed by atoms with E-state index < -0.39 is 28.9 Å². The smallest absolute Gasteiger partial charge is 0.407 e. The molecule has 0 heterocycles. The minimum atomic E-state index is -1.58. The van der Waals surface area contributed by atoms with Crippen LogP contribution in [0.15, 0.2) is 48.5 Å². The van der Waals surface area contributed by atoms with Crippen molar-refractivity contribution >= 4 is 18.0 Å². The van der Waals surface area contributed by atoms with Gasteiger partial charge in [-0.05, 0) is 42.0 Å². The summed E-state index contributed by atoms with van der Waals surface area (Å²) in [4.78, 5) is 37.5. The fourth-order valence-electron chi connectivity index (χ4n) is 4.62. The molecule has 35 heavy (non-hydrogen) atoms. The molecule has 8 heteroatoms. The SMILES string of the molecule is CCC(CC)(CNC(=O)OCC1c2ccccc2-c2ccccc21)C(=O)NC(C)(COC)C(=O)O. The Morgan fingerprint density at radius 2 is 1.51 bits per heavy atom. The maximum absolute atomic E-state index is 13.2. The van der Waals surface area contributed by atoms with Crippen LogP contribution >= 0.6 is 0 Å². The number of ether oxygens (including phenoxy) is 2. The number of amides is 2. The van der Waals surface area contributed by atoms with Crippen LogP contribution in [-0.4, -0.2) is 55.5 Å². The number of fused-ring (bicyclic) bond motifs is 3. The number of hydrogen-bond donors (Lipinski definition) is 3. The number of benzene rings is 2. The zero-order valence-electron chi connectivity index (χ0n) is 20.7. The molecule has 3 N–H and O–H groups in total. The summed E-state index contributed by atoms with van der Waals surface area (Å²) in [5.41, 5.74) is 1.94. The summed E-state index contributed by atoms with van der Waals surface area (Å²) in [5, 5.41) is 14.9. The molecule has 0 radical (unpaired) electrons. The predicted molar refractivity (Wildman–Crippen MR) is 132 cm³/mol. The standard InChI is InChI=1S/C27H34N2O6/c1-5-27(6-2,23(30)29-26(3,17-34-4)24(31)32)16-28-25(33)35-15-22-20-13-9-7-11-18(20)19-12-8-10-14-21(19)22/h7-14,22H,5-6,15-17H2,1-4H3,(H,28,33)(H,29,30)(H,31,32). The van der Waals surface area contributed by atoms with E-state index in [4.69, 9.17) is 9.47 Å². The predicted octanol–water partition coefficient (Wildman–Crippen LogP) is 3.94. The highest BCUT2D eigenvalue weighted by Gasteiger charge is 2.42. The molecular weight excluding hydrogens is 448 g/mol. The number of methoxy groups -OCH3 is 1. The topological polar surface area (TPSA) is 114 Å². The molecule has 1 aliphatic carbocycles. The summed E-state index contributed by atoms with van der Waals surface area (Å²) >= 11 is 0. The van der Waals surface area contributed by atoms with Gasteiger partial charge in [-0.15, -0.1) is 0 Å². The highest BCUT2D eigenvalue weighted by molar-refractivity contribution is 5.90. The maximum Gasteiger partial charge on any atom is 0.407 e. The van der Waals surface area contributed by atoms with E-state index in [0.29, 0.717) is 12.8 Å². The molecule has 0 saturated carbocycles. The number of aliphatic carboxylic acids is 1. The Kier molecular flexibility index (Phi) is 8.17. The first-order chi connectivity index (χ1) is 16.7. The van der Waals surface area contributed by atoms with Gasteiger partial charge in [-0.2, -0.15) is 0 Å². The first kappa shape index (κ1) is 26.2. The molecule has 0 saturated heterocycles.